The topological polar surface area (TPSA) is 52.5 Å². The summed E-state index contributed by atoms with van der Waals surface area (Å²) >= 11 is 0. The van der Waals surface area contributed by atoms with Gasteiger partial charge in [0.2, 0.25) is 0 Å². The summed E-state index contributed by atoms with van der Waals surface area (Å²) in [6, 6.07) is 26.4. The number of nitrogens with zero attached hydrogens (tertiary/aromatic N) is 1. The van der Waals surface area contributed by atoms with E-state index >= 15 is 0 Å². The maximum absolute atomic E-state index is 13.0. The molecule has 1 amide bonds. The SMILES string of the molecule is CCNC(=O)c1ccc(-c2cc(C(C)C)c(C)cc2OCc2ccccc2)n1Cc1ccc(OC)cc1. The maximum Gasteiger partial charge on any atom is 0.267 e. The lowest BCUT2D eigenvalue weighted by molar-refractivity contribution is 0.0947. The van der Waals surface area contributed by atoms with Crippen molar-refractivity contribution in [3.8, 4) is 22.8 Å². The Hall–Kier alpha value is -3.99. The lowest BCUT2D eigenvalue weighted by Gasteiger charge is -2.20. The van der Waals surface area contributed by atoms with Crippen molar-refractivity contribution >= 4 is 5.91 Å². The van der Waals surface area contributed by atoms with Crippen LogP contribution in [0.15, 0.2) is 78.9 Å². The molecule has 1 aromatic heterocycles. The van der Waals surface area contributed by atoms with Crippen molar-refractivity contribution in [2.75, 3.05) is 13.7 Å². The summed E-state index contributed by atoms with van der Waals surface area (Å²) < 4.78 is 13.8. The second-order valence-corrected chi connectivity index (χ2v) is 9.53. The first-order chi connectivity index (χ1) is 17.9. The van der Waals surface area contributed by atoms with E-state index in [0.717, 1.165) is 33.9 Å². The minimum absolute atomic E-state index is 0.0924. The highest BCUT2D eigenvalue weighted by Gasteiger charge is 2.21. The van der Waals surface area contributed by atoms with Gasteiger partial charge in [0, 0.05) is 18.7 Å². The van der Waals surface area contributed by atoms with E-state index in [1.54, 1.807) is 7.11 Å². The number of aryl methyl sites for hydroxylation is 1. The molecule has 0 saturated carbocycles. The molecule has 0 aliphatic heterocycles. The molecule has 1 N–H and O–H groups in total. The predicted molar refractivity (Wildman–Crippen MR) is 150 cm³/mol. The molecule has 0 bridgehead atoms. The molecule has 0 spiro atoms. The summed E-state index contributed by atoms with van der Waals surface area (Å²) in [6.45, 7) is 10.0. The zero-order chi connectivity index (χ0) is 26.4. The lowest BCUT2D eigenvalue weighted by atomic mass is 9.94. The van der Waals surface area contributed by atoms with Crippen LogP contribution in [0.25, 0.3) is 11.3 Å². The first-order valence-corrected chi connectivity index (χ1v) is 12.8. The summed E-state index contributed by atoms with van der Waals surface area (Å²) in [5, 5.41) is 2.96. The molecule has 5 heteroatoms. The van der Waals surface area contributed by atoms with Crippen LogP contribution in [0.3, 0.4) is 0 Å². The molecule has 0 fully saturated rings. The number of amides is 1. The smallest absolute Gasteiger partial charge is 0.267 e. The monoisotopic (exact) mass is 496 g/mol. The van der Waals surface area contributed by atoms with Crippen molar-refractivity contribution in [2.24, 2.45) is 0 Å². The van der Waals surface area contributed by atoms with Crippen molar-refractivity contribution in [3.05, 3.63) is 107 Å². The van der Waals surface area contributed by atoms with Crippen LogP contribution in [0.4, 0.5) is 0 Å². The predicted octanol–water partition coefficient (Wildman–Crippen LogP) is 6.97. The Labute approximate surface area is 220 Å². The molecule has 5 nitrogen and oxygen atoms in total. The van der Waals surface area contributed by atoms with Gasteiger partial charge in [0.25, 0.3) is 5.91 Å². The molecule has 0 aliphatic carbocycles. The average molecular weight is 497 g/mol. The zero-order valence-electron chi connectivity index (χ0n) is 22.4. The fourth-order valence-electron chi connectivity index (χ4n) is 4.61. The third kappa shape index (κ3) is 6.05. The third-order valence-electron chi connectivity index (χ3n) is 6.55. The second-order valence-electron chi connectivity index (χ2n) is 9.53. The van der Waals surface area contributed by atoms with Crippen molar-refractivity contribution in [1.29, 1.82) is 0 Å². The average Bonchev–Trinajstić information content (AvgIpc) is 3.31. The molecular weight excluding hydrogens is 460 g/mol. The fourth-order valence-corrected chi connectivity index (χ4v) is 4.61. The molecule has 3 aromatic carbocycles. The Morgan fingerprint density at radius 2 is 1.68 bits per heavy atom. The molecule has 0 saturated heterocycles. The third-order valence-corrected chi connectivity index (χ3v) is 6.55. The molecule has 1 heterocycles. The molecule has 0 atom stereocenters. The first-order valence-electron chi connectivity index (χ1n) is 12.8. The molecule has 4 rings (SSSR count). The maximum atomic E-state index is 13.0. The minimum atomic E-state index is -0.0924. The van der Waals surface area contributed by atoms with Gasteiger partial charge in [-0.1, -0.05) is 56.3 Å². The van der Waals surface area contributed by atoms with Crippen molar-refractivity contribution in [3.63, 3.8) is 0 Å². The molecule has 0 aliphatic rings. The van der Waals surface area contributed by atoms with Crippen molar-refractivity contribution < 1.29 is 14.3 Å². The zero-order valence-corrected chi connectivity index (χ0v) is 22.4. The standard InChI is InChI=1S/C32H36N2O3/c1-6-33-32(35)30-17-16-29(34(30)20-24-12-14-26(36-5)15-13-24)28-19-27(22(2)3)23(4)18-31(28)37-21-25-10-8-7-9-11-25/h7-19,22H,6,20-21H2,1-5H3,(H,33,35). The van der Waals surface area contributed by atoms with E-state index < -0.39 is 0 Å². The van der Waals surface area contributed by atoms with Crippen LogP contribution in [0.1, 0.15) is 59.4 Å². The highest BCUT2D eigenvalue weighted by Crippen LogP contribution is 2.37. The summed E-state index contributed by atoms with van der Waals surface area (Å²) in [5.74, 6) is 1.87. The number of aromatic nitrogens is 1. The number of carbonyl (C=O) groups excluding carboxylic acids is 1. The van der Waals surface area contributed by atoms with Crippen LogP contribution in [0.5, 0.6) is 11.5 Å². The fraction of sp³-hybridized carbons (Fsp3) is 0.281. The molecule has 192 valence electrons. The number of methoxy groups -OCH3 is 1. The molecule has 4 aromatic rings. The van der Waals surface area contributed by atoms with Crippen LogP contribution in [-0.2, 0) is 13.2 Å². The number of ether oxygens (including phenoxy) is 2. The number of benzene rings is 3. The van der Waals surface area contributed by atoms with Gasteiger partial charge >= 0.3 is 0 Å². The van der Waals surface area contributed by atoms with E-state index in [-0.39, 0.29) is 5.91 Å². The van der Waals surface area contributed by atoms with Crippen LogP contribution >= 0.6 is 0 Å². The van der Waals surface area contributed by atoms with Gasteiger partial charge in [0.05, 0.1) is 12.8 Å². The van der Waals surface area contributed by atoms with Crippen LogP contribution in [0.2, 0.25) is 0 Å². The van der Waals surface area contributed by atoms with E-state index in [0.29, 0.717) is 31.3 Å². The van der Waals surface area contributed by atoms with Crippen LogP contribution in [-0.4, -0.2) is 24.1 Å². The Kier molecular flexibility index (Phi) is 8.34. The first kappa shape index (κ1) is 26.1. The van der Waals surface area contributed by atoms with Gasteiger partial charge in [-0.3, -0.25) is 4.79 Å². The highest BCUT2D eigenvalue weighted by atomic mass is 16.5. The van der Waals surface area contributed by atoms with E-state index in [9.17, 15) is 4.79 Å². The van der Waals surface area contributed by atoms with Crippen LogP contribution in [0, 0.1) is 6.92 Å². The van der Waals surface area contributed by atoms with Gasteiger partial charge in [0.1, 0.15) is 23.8 Å². The number of hydrogen-bond donors (Lipinski definition) is 1. The summed E-state index contributed by atoms with van der Waals surface area (Å²) in [5.41, 5.74) is 7.19. The van der Waals surface area contributed by atoms with Gasteiger partial charge in [-0.2, -0.15) is 0 Å². The quantitative estimate of drug-likeness (QED) is 0.258. The Morgan fingerprint density at radius 1 is 0.946 bits per heavy atom. The van der Waals surface area contributed by atoms with Gasteiger partial charge in [0.15, 0.2) is 0 Å². The second kappa shape index (κ2) is 11.8. The van der Waals surface area contributed by atoms with E-state index in [1.807, 2.05) is 61.5 Å². The summed E-state index contributed by atoms with van der Waals surface area (Å²) in [4.78, 5) is 13.0. The number of carbonyl (C=O) groups is 1. The van der Waals surface area contributed by atoms with E-state index in [2.05, 4.69) is 54.9 Å². The number of nitrogens with one attached hydrogen (secondary N) is 1. The van der Waals surface area contributed by atoms with Gasteiger partial charge < -0.3 is 19.4 Å². The number of hydrogen-bond acceptors (Lipinski definition) is 3. The lowest BCUT2D eigenvalue weighted by Crippen LogP contribution is -2.26. The molecule has 0 radical (unpaired) electrons. The van der Waals surface area contributed by atoms with Crippen LogP contribution < -0.4 is 14.8 Å². The normalized spacial score (nSPS) is 11.0. The highest BCUT2D eigenvalue weighted by molar-refractivity contribution is 5.94. The molecule has 37 heavy (non-hydrogen) atoms. The van der Waals surface area contributed by atoms with Crippen molar-refractivity contribution in [1.82, 2.24) is 9.88 Å². The van der Waals surface area contributed by atoms with Gasteiger partial charge in [-0.25, -0.2) is 0 Å². The van der Waals surface area contributed by atoms with Gasteiger partial charge in [-0.05, 0) is 78.4 Å². The van der Waals surface area contributed by atoms with Gasteiger partial charge in [-0.15, -0.1) is 0 Å². The van der Waals surface area contributed by atoms with E-state index in [4.69, 9.17) is 9.47 Å². The largest absolute Gasteiger partial charge is 0.497 e. The molecule has 0 unspecified atom stereocenters. The minimum Gasteiger partial charge on any atom is -0.497 e. The summed E-state index contributed by atoms with van der Waals surface area (Å²) in [6.07, 6.45) is 0. The van der Waals surface area contributed by atoms with Crippen molar-refractivity contribution in [2.45, 2.75) is 46.8 Å². The Morgan fingerprint density at radius 3 is 2.32 bits per heavy atom. The Balaban J connectivity index is 1.82. The summed E-state index contributed by atoms with van der Waals surface area (Å²) in [7, 11) is 1.66. The Bertz CT molecular complexity index is 1340. The van der Waals surface area contributed by atoms with E-state index in [1.165, 1.54) is 11.1 Å². The molecular formula is C32H36N2O3. The number of rotatable bonds is 10.